The molecule has 1 atom stereocenters. The van der Waals surface area contributed by atoms with Gasteiger partial charge in [-0.25, -0.2) is 13.2 Å². The number of carboxylic acids is 1. The molecule has 2 aromatic rings. The van der Waals surface area contributed by atoms with Gasteiger partial charge in [0.15, 0.2) is 0 Å². The molecule has 7 heteroatoms. The Balaban J connectivity index is 2.13. The molecule has 0 fully saturated rings. The molecule has 0 spiro atoms. The first-order valence-electron chi connectivity index (χ1n) is 6.97. The van der Waals surface area contributed by atoms with Crippen LogP contribution < -0.4 is 4.31 Å². The summed E-state index contributed by atoms with van der Waals surface area (Å²) in [5.41, 5.74) is 1.55. The number of hydrogen-bond acceptors (Lipinski definition) is 3. The van der Waals surface area contributed by atoms with Crippen molar-refractivity contribution in [3.05, 3.63) is 58.1 Å². The van der Waals surface area contributed by atoms with Crippen LogP contribution in [0.3, 0.4) is 0 Å². The first-order valence-corrected chi connectivity index (χ1v) is 9.21. The largest absolute Gasteiger partial charge is 0.478 e. The Morgan fingerprint density at radius 2 is 1.96 bits per heavy atom. The van der Waals surface area contributed by atoms with E-state index in [1.54, 1.807) is 12.1 Å². The highest BCUT2D eigenvalue weighted by Crippen LogP contribution is 2.37. The zero-order valence-electron chi connectivity index (χ0n) is 12.2. The first kappa shape index (κ1) is 16.0. The fourth-order valence-corrected chi connectivity index (χ4v) is 4.98. The number of benzene rings is 2. The van der Waals surface area contributed by atoms with Crippen LogP contribution in [0.5, 0.6) is 0 Å². The van der Waals surface area contributed by atoms with Gasteiger partial charge in [-0.1, -0.05) is 18.2 Å². The Bertz CT molecular complexity index is 895. The lowest BCUT2D eigenvalue weighted by Gasteiger charge is -2.24. The summed E-state index contributed by atoms with van der Waals surface area (Å²) in [6.07, 6.45) is 0.637. The molecule has 1 aliphatic rings. The van der Waals surface area contributed by atoms with E-state index in [1.807, 2.05) is 19.1 Å². The van der Waals surface area contributed by atoms with Crippen molar-refractivity contribution >= 4 is 37.6 Å². The van der Waals surface area contributed by atoms with E-state index in [0.717, 1.165) is 5.56 Å². The molecule has 1 heterocycles. The standard InChI is InChI=1S/C16H14BrNO4S/c1-10-8-11-4-2-3-5-15(11)18(10)23(21,22)12-6-7-14(17)13(9-12)16(19)20/h2-7,9-10H,8H2,1H3,(H,19,20)/t10-/m1/s1. The molecule has 2 aromatic carbocycles. The normalized spacial score (nSPS) is 17.1. The Kier molecular flexibility index (Phi) is 3.93. The number of carbonyl (C=O) groups is 1. The maximum absolute atomic E-state index is 13.0. The third-order valence-corrected chi connectivity index (χ3v) is 6.49. The summed E-state index contributed by atoms with van der Waals surface area (Å²) in [5.74, 6) is -1.18. The summed E-state index contributed by atoms with van der Waals surface area (Å²) in [5, 5.41) is 9.19. The van der Waals surface area contributed by atoms with Gasteiger partial charge in [0.05, 0.1) is 16.1 Å². The number of halogens is 1. The maximum atomic E-state index is 13.0. The molecule has 0 bridgehead atoms. The molecule has 120 valence electrons. The van der Waals surface area contributed by atoms with Crippen LogP contribution in [0.2, 0.25) is 0 Å². The Morgan fingerprint density at radius 3 is 2.65 bits per heavy atom. The maximum Gasteiger partial charge on any atom is 0.336 e. The molecule has 1 N–H and O–H groups in total. The van der Waals surface area contributed by atoms with Crippen LogP contribution in [0.4, 0.5) is 5.69 Å². The smallest absolute Gasteiger partial charge is 0.336 e. The summed E-state index contributed by atoms with van der Waals surface area (Å²) >= 11 is 3.13. The number of carboxylic acid groups (broad SMARTS) is 1. The highest BCUT2D eigenvalue weighted by molar-refractivity contribution is 9.10. The van der Waals surface area contributed by atoms with Gasteiger partial charge < -0.3 is 5.11 Å². The molecule has 0 saturated carbocycles. The molecule has 0 aromatic heterocycles. The summed E-state index contributed by atoms with van der Waals surface area (Å²) < 4.78 is 27.7. The molecule has 1 aliphatic heterocycles. The van der Waals surface area contributed by atoms with E-state index in [-0.39, 0.29) is 16.5 Å². The number of fused-ring (bicyclic) bond motifs is 1. The van der Waals surface area contributed by atoms with E-state index in [1.165, 1.54) is 22.5 Å². The van der Waals surface area contributed by atoms with E-state index < -0.39 is 16.0 Å². The van der Waals surface area contributed by atoms with Crippen molar-refractivity contribution in [3.8, 4) is 0 Å². The van der Waals surface area contributed by atoms with E-state index in [4.69, 9.17) is 0 Å². The van der Waals surface area contributed by atoms with Crippen molar-refractivity contribution in [2.45, 2.75) is 24.3 Å². The van der Waals surface area contributed by atoms with Gasteiger partial charge in [-0.15, -0.1) is 0 Å². The molecule has 5 nitrogen and oxygen atoms in total. The van der Waals surface area contributed by atoms with Crippen molar-refractivity contribution in [1.82, 2.24) is 0 Å². The van der Waals surface area contributed by atoms with Gasteiger partial charge in [0, 0.05) is 10.5 Å². The van der Waals surface area contributed by atoms with Gasteiger partial charge in [0.1, 0.15) is 0 Å². The summed E-state index contributed by atoms with van der Waals surface area (Å²) in [6, 6.07) is 11.2. The Labute approximate surface area is 142 Å². The summed E-state index contributed by atoms with van der Waals surface area (Å²) in [6.45, 7) is 1.84. The van der Waals surface area contributed by atoms with E-state index in [9.17, 15) is 18.3 Å². The van der Waals surface area contributed by atoms with E-state index in [2.05, 4.69) is 15.9 Å². The van der Waals surface area contributed by atoms with Crippen LogP contribution in [-0.2, 0) is 16.4 Å². The van der Waals surface area contributed by atoms with Crippen LogP contribution >= 0.6 is 15.9 Å². The average Bonchev–Trinajstić information content (AvgIpc) is 2.83. The van der Waals surface area contributed by atoms with Crippen LogP contribution in [-0.4, -0.2) is 25.5 Å². The minimum Gasteiger partial charge on any atom is -0.478 e. The van der Waals surface area contributed by atoms with Gasteiger partial charge >= 0.3 is 5.97 Å². The van der Waals surface area contributed by atoms with Crippen molar-refractivity contribution in [3.63, 3.8) is 0 Å². The molecular weight excluding hydrogens is 382 g/mol. The van der Waals surface area contributed by atoms with Crippen LogP contribution in [0.25, 0.3) is 0 Å². The predicted octanol–water partition coefficient (Wildman–Crippen LogP) is 3.29. The third kappa shape index (κ3) is 2.64. The molecule has 0 aliphatic carbocycles. The second-order valence-corrected chi connectivity index (χ2v) is 8.10. The Morgan fingerprint density at radius 1 is 1.26 bits per heavy atom. The molecule has 0 unspecified atom stereocenters. The number of rotatable bonds is 3. The van der Waals surface area contributed by atoms with Crippen LogP contribution in [0.15, 0.2) is 51.8 Å². The molecule has 0 saturated heterocycles. The SMILES string of the molecule is C[C@@H]1Cc2ccccc2N1S(=O)(=O)c1ccc(Br)c(C(=O)O)c1. The van der Waals surface area contributed by atoms with Crippen molar-refractivity contribution in [2.75, 3.05) is 4.31 Å². The molecular formula is C16H14BrNO4S. The fraction of sp³-hybridized carbons (Fsp3) is 0.188. The quantitative estimate of drug-likeness (QED) is 0.864. The lowest BCUT2D eigenvalue weighted by molar-refractivity contribution is 0.0695. The second-order valence-electron chi connectivity index (χ2n) is 5.43. The topological polar surface area (TPSA) is 74.7 Å². The van der Waals surface area contributed by atoms with Crippen molar-refractivity contribution in [1.29, 1.82) is 0 Å². The zero-order chi connectivity index (χ0) is 16.8. The van der Waals surface area contributed by atoms with E-state index >= 15 is 0 Å². The summed E-state index contributed by atoms with van der Waals surface area (Å²) in [4.78, 5) is 11.2. The minimum absolute atomic E-state index is 0.0262. The van der Waals surface area contributed by atoms with Crippen LogP contribution in [0, 0.1) is 0 Å². The van der Waals surface area contributed by atoms with E-state index in [0.29, 0.717) is 16.6 Å². The van der Waals surface area contributed by atoms with Crippen molar-refractivity contribution < 1.29 is 18.3 Å². The highest BCUT2D eigenvalue weighted by Gasteiger charge is 2.36. The lowest BCUT2D eigenvalue weighted by atomic mass is 10.1. The third-order valence-electron chi connectivity index (χ3n) is 3.87. The number of nitrogens with zero attached hydrogens (tertiary/aromatic N) is 1. The fourth-order valence-electron chi connectivity index (χ4n) is 2.85. The summed E-state index contributed by atoms with van der Waals surface area (Å²) in [7, 11) is -3.82. The van der Waals surface area contributed by atoms with Gasteiger partial charge in [-0.3, -0.25) is 4.31 Å². The first-order chi connectivity index (χ1) is 10.8. The minimum atomic E-state index is -3.82. The van der Waals surface area contributed by atoms with Crippen LogP contribution in [0.1, 0.15) is 22.8 Å². The number of aromatic carboxylic acids is 1. The number of anilines is 1. The molecule has 0 amide bonds. The van der Waals surface area contributed by atoms with Crippen molar-refractivity contribution in [2.24, 2.45) is 0 Å². The molecule has 3 rings (SSSR count). The number of para-hydroxylation sites is 1. The molecule has 23 heavy (non-hydrogen) atoms. The Hall–Kier alpha value is -1.86. The van der Waals surface area contributed by atoms with Gasteiger partial charge in [-0.2, -0.15) is 0 Å². The number of sulfonamides is 1. The predicted molar refractivity (Wildman–Crippen MR) is 90.4 cm³/mol. The monoisotopic (exact) mass is 395 g/mol. The van der Waals surface area contributed by atoms with Gasteiger partial charge in [-0.05, 0) is 59.1 Å². The average molecular weight is 396 g/mol. The molecule has 0 radical (unpaired) electrons. The zero-order valence-corrected chi connectivity index (χ0v) is 14.6. The number of hydrogen-bond donors (Lipinski definition) is 1. The lowest BCUT2D eigenvalue weighted by Crippen LogP contribution is -2.35. The van der Waals surface area contributed by atoms with Gasteiger partial charge in [0.25, 0.3) is 10.0 Å². The second kappa shape index (κ2) is 5.65. The highest BCUT2D eigenvalue weighted by atomic mass is 79.9. The van der Waals surface area contributed by atoms with Gasteiger partial charge in [0.2, 0.25) is 0 Å².